The quantitative estimate of drug-likeness (QED) is 0.761. The number of likely N-dealkylation sites (tertiary alicyclic amines) is 1. The fourth-order valence-electron chi connectivity index (χ4n) is 3.02. The molecule has 1 heterocycles. The van der Waals surface area contributed by atoms with Crippen LogP contribution in [0.3, 0.4) is 0 Å². The first-order valence-electron chi connectivity index (χ1n) is 7.58. The lowest BCUT2D eigenvalue weighted by Gasteiger charge is -2.26. The number of carbonyl (C=O) groups is 2. The van der Waals surface area contributed by atoms with Crippen molar-refractivity contribution in [1.29, 1.82) is 0 Å². The third-order valence-electron chi connectivity index (χ3n) is 4.01. The van der Waals surface area contributed by atoms with Crippen molar-refractivity contribution in [3.8, 4) is 0 Å². The highest BCUT2D eigenvalue weighted by atomic mass is 16.3. The number of hydrogen-bond donors (Lipinski definition) is 2. The van der Waals surface area contributed by atoms with Crippen molar-refractivity contribution < 1.29 is 14.7 Å². The molecule has 1 aliphatic heterocycles. The maximum Gasteiger partial charge on any atom is 0.225 e. The lowest BCUT2D eigenvalue weighted by atomic mass is 9.94. The molecule has 2 amide bonds. The Hall–Kier alpha value is -1.10. The lowest BCUT2D eigenvalue weighted by Crippen LogP contribution is -2.44. The Kier molecular flexibility index (Phi) is 4.37. The summed E-state index contributed by atoms with van der Waals surface area (Å²) in [5.41, 5.74) is -0.886. The first kappa shape index (κ1) is 15.3. The van der Waals surface area contributed by atoms with E-state index in [0.717, 1.165) is 12.8 Å². The maximum atomic E-state index is 12.1. The van der Waals surface area contributed by atoms with Crippen LogP contribution in [0.15, 0.2) is 0 Å². The molecule has 5 heteroatoms. The molecule has 0 radical (unpaired) electrons. The number of carbonyl (C=O) groups excluding carboxylic acids is 2. The molecule has 2 unspecified atom stereocenters. The molecule has 0 aromatic rings. The van der Waals surface area contributed by atoms with Gasteiger partial charge >= 0.3 is 0 Å². The molecule has 1 saturated heterocycles. The van der Waals surface area contributed by atoms with Crippen LogP contribution in [0.4, 0.5) is 0 Å². The van der Waals surface area contributed by atoms with E-state index in [1.807, 2.05) is 18.7 Å². The van der Waals surface area contributed by atoms with Gasteiger partial charge < -0.3 is 15.3 Å². The van der Waals surface area contributed by atoms with Crippen molar-refractivity contribution in [3.05, 3.63) is 0 Å². The largest absolute Gasteiger partial charge is 0.388 e. The van der Waals surface area contributed by atoms with Crippen molar-refractivity contribution in [2.45, 2.75) is 58.1 Å². The van der Waals surface area contributed by atoms with Crippen LogP contribution in [-0.2, 0) is 9.59 Å². The van der Waals surface area contributed by atoms with Crippen LogP contribution in [0, 0.1) is 11.8 Å². The number of hydrogen-bond acceptors (Lipinski definition) is 3. The molecule has 1 saturated carbocycles. The molecule has 2 aliphatic rings. The van der Waals surface area contributed by atoms with E-state index in [9.17, 15) is 14.7 Å². The fourth-order valence-corrected chi connectivity index (χ4v) is 3.02. The van der Waals surface area contributed by atoms with Crippen LogP contribution in [0.2, 0.25) is 0 Å². The highest BCUT2D eigenvalue weighted by Gasteiger charge is 2.41. The molecule has 20 heavy (non-hydrogen) atoms. The summed E-state index contributed by atoms with van der Waals surface area (Å²) in [4.78, 5) is 25.8. The molecule has 0 spiro atoms. The first-order valence-corrected chi connectivity index (χ1v) is 7.58. The van der Waals surface area contributed by atoms with E-state index >= 15 is 0 Å². The molecule has 0 aromatic heterocycles. The molecule has 2 fully saturated rings. The van der Waals surface area contributed by atoms with Crippen molar-refractivity contribution >= 4 is 11.8 Å². The molecular weight excluding hydrogens is 256 g/mol. The van der Waals surface area contributed by atoms with Gasteiger partial charge in [0.25, 0.3) is 0 Å². The fraction of sp³-hybridized carbons (Fsp3) is 0.867. The summed E-state index contributed by atoms with van der Waals surface area (Å²) < 4.78 is 0. The summed E-state index contributed by atoms with van der Waals surface area (Å²) in [6.07, 6.45) is 3.10. The van der Waals surface area contributed by atoms with E-state index in [1.54, 1.807) is 6.92 Å². The smallest absolute Gasteiger partial charge is 0.225 e. The Balaban J connectivity index is 1.79. The number of rotatable bonds is 6. The third kappa shape index (κ3) is 3.95. The van der Waals surface area contributed by atoms with Crippen molar-refractivity contribution in [2.24, 2.45) is 11.8 Å². The van der Waals surface area contributed by atoms with Gasteiger partial charge in [-0.1, -0.05) is 13.8 Å². The molecular formula is C15H26N2O3. The molecule has 2 atom stereocenters. The Labute approximate surface area is 120 Å². The zero-order valence-corrected chi connectivity index (χ0v) is 12.7. The maximum absolute atomic E-state index is 12.1. The SMILES string of the molecule is CC(C)CC(C)(O)CNC(=O)C1CC(=O)N(C2CC2)C1. The predicted octanol–water partition coefficient (Wildman–Crippen LogP) is 0.911. The van der Waals surface area contributed by atoms with E-state index in [1.165, 1.54) is 0 Å². The summed E-state index contributed by atoms with van der Waals surface area (Å²) in [5.74, 6) is 0.116. The number of amides is 2. The zero-order valence-electron chi connectivity index (χ0n) is 12.7. The summed E-state index contributed by atoms with van der Waals surface area (Å²) in [6, 6.07) is 0.379. The zero-order chi connectivity index (χ0) is 14.9. The Morgan fingerprint density at radius 3 is 2.70 bits per heavy atom. The van der Waals surface area contributed by atoms with Gasteiger partial charge in [0.1, 0.15) is 0 Å². The topological polar surface area (TPSA) is 69.6 Å². The minimum Gasteiger partial charge on any atom is -0.388 e. The minimum absolute atomic E-state index is 0.0987. The lowest BCUT2D eigenvalue weighted by molar-refractivity contribution is -0.129. The van der Waals surface area contributed by atoms with Gasteiger partial charge in [-0.25, -0.2) is 0 Å². The Morgan fingerprint density at radius 2 is 2.15 bits per heavy atom. The molecule has 0 aromatic carbocycles. The second-order valence-corrected chi connectivity index (χ2v) is 6.99. The Morgan fingerprint density at radius 1 is 1.50 bits per heavy atom. The van der Waals surface area contributed by atoms with Gasteiger partial charge in [-0.3, -0.25) is 9.59 Å². The minimum atomic E-state index is -0.886. The number of nitrogens with zero attached hydrogens (tertiary/aromatic N) is 1. The van der Waals surface area contributed by atoms with Crippen LogP contribution in [0.5, 0.6) is 0 Å². The second-order valence-electron chi connectivity index (χ2n) is 6.99. The molecule has 1 aliphatic carbocycles. The van der Waals surface area contributed by atoms with Gasteiger partial charge in [-0.2, -0.15) is 0 Å². The van der Waals surface area contributed by atoms with Gasteiger partial charge in [0.2, 0.25) is 11.8 Å². The highest BCUT2D eigenvalue weighted by molar-refractivity contribution is 5.89. The normalized spacial score (nSPS) is 25.9. The van der Waals surface area contributed by atoms with E-state index in [0.29, 0.717) is 31.3 Å². The average Bonchev–Trinajstić information content (AvgIpc) is 3.08. The van der Waals surface area contributed by atoms with E-state index < -0.39 is 5.60 Å². The molecule has 2 rings (SSSR count). The van der Waals surface area contributed by atoms with E-state index in [-0.39, 0.29) is 24.3 Å². The molecule has 114 valence electrons. The average molecular weight is 282 g/mol. The summed E-state index contributed by atoms with van der Waals surface area (Å²) in [6.45, 7) is 6.61. The summed E-state index contributed by atoms with van der Waals surface area (Å²) in [7, 11) is 0. The number of nitrogens with one attached hydrogen (secondary N) is 1. The molecule has 5 nitrogen and oxygen atoms in total. The third-order valence-corrected chi connectivity index (χ3v) is 4.01. The highest BCUT2D eigenvalue weighted by Crippen LogP contribution is 2.32. The van der Waals surface area contributed by atoms with Gasteiger partial charge in [0, 0.05) is 25.6 Å². The van der Waals surface area contributed by atoms with Crippen LogP contribution < -0.4 is 5.32 Å². The number of aliphatic hydroxyl groups is 1. The second kappa shape index (κ2) is 5.72. The predicted molar refractivity (Wildman–Crippen MR) is 75.9 cm³/mol. The molecule has 0 bridgehead atoms. The summed E-state index contributed by atoms with van der Waals surface area (Å²) in [5, 5.41) is 13.0. The van der Waals surface area contributed by atoms with Gasteiger partial charge in [-0.05, 0) is 32.1 Å². The van der Waals surface area contributed by atoms with Crippen LogP contribution in [-0.4, -0.2) is 46.6 Å². The first-order chi connectivity index (χ1) is 9.28. The van der Waals surface area contributed by atoms with Crippen molar-refractivity contribution in [2.75, 3.05) is 13.1 Å². The van der Waals surface area contributed by atoms with Crippen molar-refractivity contribution in [3.63, 3.8) is 0 Å². The van der Waals surface area contributed by atoms with Crippen LogP contribution in [0.1, 0.15) is 46.5 Å². The van der Waals surface area contributed by atoms with Crippen LogP contribution in [0.25, 0.3) is 0 Å². The van der Waals surface area contributed by atoms with Crippen LogP contribution >= 0.6 is 0 Å². The van der Waals surface area contributed by atoms with Crippen molar-refractivity contribution in [1.82, 2.24) is 10.2 Å². The van der Waals surface area contributed by atoms with Gasteiger partial charge in [-0.15, -0.1) is 0 Å². The molecule has 2 N–H and O–H groups in total. The van der Waals surface area contributed by atoms with Gasteiger partial charge in [0.15, 0.2) is 0 Å². The summed E-state index contributed by atoms with van der Waals surface area (Å²) >= 11 is 0. The van der Waals surface area contributed by atoms with E-state index in [4.69, 9.17) is 0 Å². The standard InChI is InChI=1S/C15H26N2O3/c1-10(2)7-15(3,20)9-16-14(19)11-6-13(18)17(8-11)12-4-5-12/h10-12,20H,4-9H2,1-3H3,(H,16,19). The van der Waals surface area contributed by atoms with Gasteiger partial charge in [0.05, 0.1) is 11.5 Å². The Bertz CT molecular complexity index is 389. The van der Waals surface area contributed by atoms with E-state index in [2.05, 4.69) is 5.32 Å². The monoisotopic (exact) mass is 282 g/mol.